The van der Waals surface area contributed by atoms with Crippen LogP contribution in [0.3, 0.4) is 0 Å². The molecule has 4 heteroatoms. The first-order valence-electron chi connectivity index (χ1n) is 3.04. The molecular formula is C5H11NO2S. The summed E-state index contributed by atoms with van der Waals surface area (Å²) in [5.41, 5.74) is 5.23. The first-order chi connectivity index (χ1) is 4.14. The molecular weight excluding hydrogens is 138 g/mol. The van der Waals surface area contributed by atoms with Crippen LogP contribution in [0.2, 0.25) is 0 Å². The molecule has 54 valence electrons. The molecule has 1 saturated heterocycles. The van der Waals surface area contributed by atoms with Crippen LogP contribution >= 0.6 is 0 Å². The molecule has 0 aromatic rings. The van der Waals surface area contributed by atoms with Gasteiger partial charge >= 0.3 is 0 Å². The smallest absolute Gasteiger partial charge is 0.150 e. The minimum absolute atomic E-state index is 0.361. The van der Waals surface area contributed by atoms with Gasteiger partial charge in [0.2, 0.25) is 0 Å². The highest BCUT2D eigenvalue weighted by atomic mass is 32.2. The molecule has 0 atom stereocenters. The van der Waals surface area contributed by atoms with E-state index < -0.39 is 9.84 Å². The Bertz CT molecular complexity index is 173. The van der Waals surface area contributed by atoms with E-state index in [9.17, 15) is 8.42 Å². The van der Waals surface area contributed by atoms with Crippen molar-refractivity contribution < 1.29 is 8.42 Å². The molecule has 0 saturated carbocycles. The predicted octanol–water partition coefficient (Wildman–Crippen LogP) is -0.620. The third kappa shape index (κ3) is 1.66. The van der Waals surface area contributed by atoms with Crippen molar-refractivity contribution in [1.82, 2.24) is 0 Å². The zero-order chi connectivity index (χ0) is 6.91. The van der Waals surface area contributed by atoms with Crippen molar-refractivity contribution in [3.63, 3.8) is 0 Å². The maximum Gasteiger partial charge on any atom is 0.150 e. The number of hydrogen-bond donors (Lipinski definition) is 1. The lowest BCUT2D eigenvalue weighted by molar-refractivity contribution is 0.503. The van der Waals surface area contributed by atoms with Crippen LogP contribution in [-0.2, 0) is 9.84 Å². The fourth-order valence-corrected chi connectivity index (χ4v) is 2.74. The molecule has 0 radical (unpaired) electrons. The van der Waals surface area contributed by atoms with Crippen LogP contribution in [0.5, 0.6) is 0 Å². The molecule has 0 unspecified atom stereocenters. The Morgan fingerprint density at radius 1 is 1.44 bits per heavy atom. The molecule has 0 bridgehead atoms. The lowest BCUT2D eigenvalue weighted by Gasteiger charge is -2.24. The van der Waals surface area contributed by atoms with E-state index in [4.69, 9.17) is 5.73 Å². The molecule has 0 aromatic carbocycles. The Hall–Kier alpha value is -0.0900. The molecule has 0 aromatic heterocycles. The SMILES string of the molecule is NCCC1CS(=O)(=O)C1. The minimum Gasteiger partial charge on any atom is -0.330 e. The summed E-state index contributed by atoms with van der Waals surface area (Å²) in [6, 6.07) is 0. The van der Waals surface area contributed by atoms with Gasteiger partial charge in [0.25, 0.3) is 0 Å². The molecule has 2 N–H and O–H groups in total. The van der Waals surface area contributed by atoms with Crippen LogP contribution in [0.4, 0.5) is 0 Å². The van der Waals surface area contributed by atoms with Crippen molar-refractivity contribution in [3.05, 3.63) is 0 Å². The summed E-state index contributed by atoms with van der Waals surface area (Å²) in [6.45, 7) is 0.611. The Morgan fingerprint density at radius 3 is 2.33 bits per heavy atom. The van der Waals surface area contributed by atoms with Crippen LogP contribution in [-0.4, -0.2) is 26.5 Å². The summed E-state index contributed by atoms with van der Waals surface area (Å²) < 4.78 is 21.1. The zero-order valence-corrected chi connectivity index (χ0v) is 6.02. The van der Waals surface area contributed by atoms with Gasteiger partial charge in [0.05, 0.1) is 11.5 Å². The van der Waals surface area contributed by atoms with Crippen LogP contribution in [0.25, 0.3) is 0 Å². The van der Waals surface area contributed by atoms with Crippen molar-refractivity contribution in [2.75, 3.05) is 18.1 Å². The summed E-state index contributed by atoms with van der Waals surface area (Å²) in [4.78, 5) is 0. The van der Waals surface area contributed by atoms with E-state index in [-0.39, 0.29) is 0 Å². The van der Waals surface area contributed by atoms with Crippen LogP contribution in [0.1, 0.15) is 6.42 Å². The third-order valence-electron chi connectivity index (χ3n) is 1.55. The molecule has 1 aliphatic rings. The van der Waals surface area contributed by atoms with E-state index in [0.29, 0.717) is 24.0 Å². The highest BCUT2D eigenvalue weighted by Gasteiger charge is 2.31. The first-order valence-corrected chi connectivity index (χ1v) is 4.87. The molecule has 0 amide bonds. The minimum atomic E-state index is -2.61. The third-order valence-corrected chi connectivity index (χ3v) is 3.51. The summed E-state index contributed by atoms with van der Waals surface area (Å²) in [6.07, 6.45) is 0.860. The lowest BCUT2D eigenvalue weighted by Crippen LogP contribution is -2.37. The van der Waals surface area contributed by atoms with Gasteiger partial charge in [-0.2, -0.15) is 0 Å². The average molecular weight is 149 g/mol. The van der Waals surface area contributed by atoms with Gasteiger partial charge in [-0.1, -0.05) is 0 Å². The molecule has 1 heterocycles. The molecule has 1 fully saturated rings. The fraction of sp³-hybridized carbons (Fsp3) is 1.00. The maximum atomic E-state index is 10.5. The lowest BCUT2D eigenvalue weighted by atomic mass is 10.1. The summed E-state index contributed by atoms with van der Waals surface area (Å²) >= 11 is 0. The van der Waals surface area contributed by atoms with Gasteiger partial charge in [0.1, 0.15) is 0 Å². The average Bonchev–Trinajstić information content (AvgIpc) is 1.62. The predicted molar refractivity (Wildman–Crippen MR) is 35.8 cm³/mol. The van der Waals surface area contributed by atoms with E-state index in [2.05, 4.69) is 0 Å². The molecule has 9 heavy (non-hydrogen) atoms. The van der Waals surface area contributed by atoms with Crippen LogP contribution in [0, 0.1) is 5.92 Å². The highest BCUT2D eigenvalue weighted by Crippen LogP contribution is 2.20. The van der Waals surface area contributed by atoms with E-state index in [1.807, 2.05) is 0 Å². The first kappa shape index (κ1) is 7.02. The fourth-order valence-electron chi connectivity index (χ4n) is 1.07. The molecule has 1 aliphatic heterocycles. The van der Waals surface area contributed by atoms with Gasteiger partial charge in [-0.25, -0.2) is 8.42 Å². The normalized spacial score (nSPS) is 25.4. The Balaban J connectivity index is 2.28. The Kier molecular flexibility index (Phi) is 1.77. The number of sulfone groups is 1. The second-order valence-electron chi connectivity index (χ2n) is 2.52. The number of nitrogens with two attached hydrogens (primary N) is 1. The second kappa shape index (κ2) is 2.27. The van der Waals surface area contributed by atoms with E-state index in [1.165, 1.54) is 0 Å². The molecule has 3 nitrogen and oxygen atoms in total. The topological polar surface area (TPSA) is 60.2 Å². The quantitative estimate of drug-likeness (QED) is 0.569. The maximum absolute atomic E-state index is 10.5. The van der Waals surface area contributed by atoms with E-state index in [1.54, 1.807) is 0 Å². The van der Waals surface area contributed by atoms with Gasteiger partial charge in [-0.15, -0.1) is 0 Å². The molecule has 1 rings (SSSR count). The standard InChI is InChI=1S/C5H11NO2S/c6-2-1-5-3-9(7,8)4-5/h5H,1-4,6H2. The van der Waals surface area contributed by atoms with Gasteiger partial charge in [-0.05, 0) is 18.9 Å². The Labute approximate surface area is 55.2 Å². The van der Waals surface area contributed by atoms with Crippen molar-refractivity contribution in [2.24, 2.45) is 11.7 Å². The van der Waals surface area contributed by atoms with Gasteiger partial charge in [0, 0.05) is 0 Å². The molecule has 0 aliphatic carbocycles. The number of hydrogen-bond acceptors (Lipinski definition) is 3. The molecule has 0 spiro atoms. The van der Waals surface area contributed by atoms with Crippen LogP contribution < -0.4 is 5.73 Å². The largest absolute Gasteiger partial charge is 0.330 e. The van der Waals surface area contributed by atoms with Crippen molar-refractivity contribution >= 4 is 9.84 Å². The summed E-state index contributed by atoms with van der Waals surface area (Å²) in [7, 11) is -2.61. The van der Waals surface area contributed by atoms with Crippen molar-refractivity contribution in [3.8, 4) is 0 Å². The number of rotatable bonds is 2. The van der Waals surface area contributed by atoms with Crippen molar-refractivity contribution in [2.45, 2.75) is 6.42 Å². The van der Waals surface area contributed by atoms with Gasteiger partial charge in [-0.3, -0.25) is 0 Å². The van der Waals surface area contributed by atoms with Crippen LogP contribution in [0.15, 0.2) is 0 Å². The highest BCUT2D eigenvalue weighted by molar-refractivity contribution is 7.92. The zero-order valence-electron chi connectivity index (χ0n) is 5.21. The van der Waals surface area contributed by atoms with Gasteiger partial charge in [0.15, 0.2) is 9.84 Å². The van der Waals surface area contributed by atoms with E-state index in [0.717, 1.165) is 6.42 Å². The van der Waals surface area contributed by atoms with E-state index >= 15 is 0 Å². The summed E-state index contributed by atoms with van der Waals surface area (Å²) in [5, 5.41) is 0. The summed E-state index contributed by atoms with van der Waals surface area (Å²) in [5.74, 6) is 1.09. The van der Waals surface area contributed by atoms with Gasteiger partial charge < -0.3 is 5.73 Å². The Morgan fingerprint density at radius 2 is 2.00 bits per heavy atom. The van der Waals surface area contributed by atoms with Crippen molar-refractivity contribution in [1.29, 1.82) is 0 Å². The monoisotopic (exact) mass is 149 g/mol. The second-order valence-corrected chi connectivity index (χ2v) is 4.67.